The van der Waals surface area contributed by atoms with Crippen LogP contribution in [-0.4, -0.2) is 33.0 Å². The van der Waals surface area contributed by atoms with Crippen molar-refractivity contribution in [2.45, 2.75) is 6.92 Å². The van der Waals surface area contributed by atoms with Crippen molar-refractivity contribution in [3.05, 3.63) is 0 Å². The Balaban J connectivity index is 2.33. The molecular formula is C7H13NO2S. The molecule has 2 aliphatic heterocycles. The van der Waals surface area contributed by atoms with E-state index in [2.05, 4.69) is 12.2 Å². The summed E-state index contributed by atoms with van der Waals surface area (Å²) in [6.45, 7) is 3.83. The summed E-state index contributed by atoms with van der Waals surface area (Å²) in [6.07, 6.45) is 0. The predicted molar refractivity (Wildman–Crippen MR) is 43.1 cm³/mol. The van der Waals surface area contributed by atoms with E-state index in [1.54, 1.807) is 0 Å². The molecular weight excluding hydrogens is 162 g/mol. The smallest absolute Gasteiger partial charge is 0.151 e. The van der Waals surface area contributed by atoms with Crippen molar-refractivity contribution >= 4 is 9.84 Å². The summed E-state index contributed by atoms with van der Waals surface area (Å²) in [5.74, 6) is 1.15. The molecule has 1 N–H and O–H groups in total. The third-order valence-corrected chi connectivity index (χ3v) is 4.92. The number of rotatable bonds is 0. The normalized spacial score (nSPS) is 47.5. The van der Waals surface area contributed by atoms with E-state index in [1.807, 2.05) is 0 Å². The van der Waals surface area contributed by atoms with E-state index in [-0.39, 0.29) is 5.41 Å². The second-order valence-corrected chi connectivity index (χ2v) is 6.15. The summed E-state index contributed by atoms with van der Waals surface area (Å²) in [5.41, 5.74) is 0.0405. The Bertz CT molecular complexity index is 272. The first kappa shape index (κ1) is 7.55. The van der Waals surface area contributed by atoms with Gasteiger partial charge in [0.15, 0.2) is 9.84 Å². The topological polar surface area (TPSA) is 46.2 Å². The highest BCUT2D eigenvalue weighted by molar-refractivity contribution is 7.91. The average Bonchev–Trinajstić information content (AvgIpc) is 2.16. The highest BCUT2D eigenvalue weighted by Gasteiger charge is 2.49. The molecule has 11 heavy (non-hydrogen) atoms. The Hall–Kier alpha value is -0.0900. The number of fused-ring (bicyclic) bond motifs is 1. The van der Waals surface area contributed by atoms with Crippen molar-refractivity contribution in [1.82, 2.24) is 5.32 Å². The van der Waals surface area contributed by atoms with Gasteiger partial charge in [-0.25, -0.2) is 8.42 Å². The molecule has 2 atom stereocenters. The minimum Gasteiger partial charge on any atom is -0.316 e. The lowest BCUT2D eigenvalue weighted by atomic mass is 9.84. The van der Waals surface area contributed by atoms with Gasteiger partial charge < -0.3 is 5.32 Å². The fourth-order valence-corrected chi connectivity index (χ4v) is 4.81. The van der Waals surface area contributed by atoms with Gasteiger partial charge in [0.05, 0.1) is 11.5 Å². The molecule has 0 unspecified atom stereocenters. The van der Waals surface area contributed by atoms with Gasteiger partial charge in [0.2, 0.25) is 0 Å². The van der Waals surface area contributed by atoms with Gasteiger partial charge in [0.1, 0.15) is 0 Å². The van der Waals surface area contributed by atoms with Crippen molar-refractivity contribution < 1.29 is 8.42 Å². The third-order valence-electron chi connectivity index (χ3n) is 2.91. The molecule has 0 aromatic carbocycles. The molecule has 0 bridgehead atoms. The van der Waals surface area contributed by atoms with Crippen LogP contribution < -0.4 is 5.32 Å². The number of hydrogen-bond donors (Lipinski definition) is 1. The molecule has 2 saturated heterocycles. The van der Waals surface area contributed by atoms with Crippen LogP contribution in [0.3, 0.4) is 0 Å². The van der Waals surface area contributed by atoms with Crippen molar-refractivity contribution in [2.75, 3.05) is 24.6 Å². The maximum absolute atomic E-state index is 11.2. The number of sulfone groups is 1. The van der Waals surface area contributed by atoms with E-state index in [9.17, 15) is 8.42 Å². The van der Waals surface area contributed by atoms with Gasteiger partial charge >= 0.3 is 0 Å². The molecule has 0 aromatic heterocycles. The van der Waals surface area contributed by atoms with Gasteiger partial charge in [0, 0.05) is 6.54 Å². The monoisotopic (exact) mass is 175 g/mol. The molecule has 4 heteroatoms. The molecule has 0 spiro atoms. The number of nitrogens with one attached hydrogen (secondary N) is 1. The Kier molecular flexibility index (Phi) is 1.36. The maximum Gasteiger partial charge on any atom is 0.151 e. The summed E-state index contributed by atoms with van der Waals surface area (Å²) in [7, 11) is -2.70. The van der Waals surface area contributed by atoms with Crippen LogP contribution in [0.25, 0.3) is 0 Å². The average molecular weight is 175 g/mol. The largest absolute Gasteiger partial charge is 0.316 e. The van der Waals surface area contributed by atoms with Gasteiger partial charge in [0.25, 0.3) is 0 Å². The molecule has 2 heterocycles. The van der Waals surface area contributed by atoms with Gasteiger partial charge in [-0.15, -0.1) is 0 Å². The standard InChI is InChI=1S/C7H13NO2S/c1-7-4-8-2-6(7)3-11(9,10)5-7/h6,8H,2-5H2,1H3/t6-,7+/m0/s1. The fraction of sp³-hybridized carbons (Fsp3) is 1.00. The SMILES string of the molecule is C[C@]12CNC[C@H]1CS(=O)(=O)C2. The molecule has 0 saturated carbocycles. The number of hydrogen-bond acceptors (Lipinski definition) is 3. The minimum atomic E-state index is -2.70. The fourth-order valence-electron chi connectivity index (χ4n) is 2.22. The maximum atomic E-state index is 11.2. The summed E-state index contributed by atoms with van der Waals surface area (Å²) < 4.78 is 22.4. The van der Waals surface area contributed by atoms with E-state index in [0.29, 0.717) is 17.4 Å². The lowest BCUT2D eigenvalue weighted by Crippen LogP contribution is -2.25. The van der Waals surface area contributed by atoms with Crippen molar-refractivity contribution in [2.24, 2.45) is 11.3 Å². The minimum absolute atomic E-state index is 0.0405. The Morgan fingerprint density at radius 2 is 2.27 bits per heavy atom. The molecule has 3 nitrogen and oxygen atoms in total. The molecule has 0 aliphatic carbocycles. The van der Waals surface area contributed by atoms with Crippen molar-refractivity contribution in [3.63, 3.8) is 0 Å². The van der Waals surface area contributed by atoms with Crippen LogP contribution in [0.2, 0.25) is 0 Å². The molecule has 2 aliphatic rings. The first-order chi connectivity index (χ1) is 5.02. The molecule has 64 valence electrons. The van der Waals surface area contributed by atoms with Crippen LogP contribution in [0.5, 0.6) is 0 Å². The molecule has 0 aromatic rings. The van der Waals surface area contributed by atoms with Crippen LogP contribution in [0.1, 0.15) is 6.92 Å². The highest BCUT2D eigenvalue weighted by Crippen LogP contribution is 2.39. The van der Waals surface area contributed by atoms with Gasteiger partial charge in [-0.3, -0.25) is 0 Å². The zero-order chi connectivity index (χ0) is 8.11. The van der Waals surface area contributed by atoms with E-state index in [0.717, 1.165) is 13.1 Å². The van der Waals surface area contributed by atoms with Gasteiger partial charge in [-0.05, 0) is 17.9 Å². The van der Waals surface area contributed by atoms with E-state index in [4.69, 9.17) is 0 Å². The predicted octanol–water partition coefficient (Wildman–Crippen LogP) is -0.359. The Labute approximate surface area is 67.1 Å². The lowest BCUT2D eigenvalue weighted by Gasteiger charge is -2.19. The van der Waals surface area contributed by atoms with Crippen LogP contribution in [-0.2, 0) is 9.84 Å². The van der Waals surface area contributed by atoms with E-state index < -0.39 is 9.84 Å². The zero-order valence-electron chi connectivity index (χ0n) is 6.63. The zero-order valence-corrected chi connectivity index (χ0v) is 7.45. The van der Waals surface area contributed by atoms with Crippen LogP contribution >= 0.6 is 0 Å². The second kappa shape index (κ2) is 1.98. The van der Waals surface area contributed by atoms with E-state index >= 15 is 0 Å². The van der Waals surface area contributed by atoms with Crippen LogP contribution in [0, 0.1) is 11.3 Å². The molecule has 0 amide bonds. The van der Waals surface area contributed by atoms with Crippen LogP contribution in [0.15, 0.2) is 0 Å². The van der Waals surface area contributed by atoms with Crippen molar-refractivity contribution in [1.29, 1.82) is 0 Å². The Morgan fingerprint density at radius 1 is 1.55 bits per heavy atom. The first-order valence-electron chi connectivity index (χ1n) is 3.93. The van der Waals surface area contributed by atoms with Gasteiger partial charge in [-0.1, -0.05) is 6.92 Å². The highest BCUT2D eigenvalue weighted by atomic mass is 32.2. The van der Waals surface area contributed by atoms with Crippen molar-refractivity contribution in [3.8, 4) is 0 Å². The molecule has 2 rings (SSSR count). The lowest BCUT2D eigenvalue weighted by molar-refractivity contribution is 0.341. The summed E-state index contributed by atoms with van der Waals surface area (Å²) in [6, 6.07) is 0. The molecule has 2 fully saturated rings. The third kappa shape index (κ3) is 1.08. The summed E-state index contributed by atoms with van der Waals surface area (Å²) >= 11 is 0. The Morgan fingerprint density at radius 3 is 2.91 bits per heavy atom. The summed E-state index contributed by atoms with van der Waals surface area (Å²) in [4.78, 5) is 0. The van der Waals surface area contributed by atoms with Gasteiger partial charge in [-0.2, -0.15) is 0 Å². The van der Waals surface area contributed by atoms with E-state index in [1.165, 1.54) is 0 Å². The van der Waals surface area contributed by atoms with Crippen LogP contribution in [0.4, 0.5) is 0 Å². The quantitative estimate of drug-likeness (QED) is 0.547. The first-order valence-corrected chi connectivity index (χ1v) is 5.75. The second-order valence-electron chi connectivity index (χ2n) is 4.04. The summed E-state index contributed by atoms with van der Waals surface area (Å²) in [5, 5.41) is 3.24. The molecule has 0 radical (unpaired) electrons.